The maximum Gasteiger partial charge on any atom is 0.407 e. The van der Waals surface area contributed by atoms with Crippen LogP contribution in [0.25, 0.3) is 10.8 Å². The smallest absolute Gasteiger partial charge is 0.407 e. The zero-order chi connectivity index (χ0) is 21.0. The molecule has 2 atom stereocenters. The molecule has 0 bridgehead atoms. The van der Waals surface area contributed by atoms with E-state index >= 15 is 0 Å². The Bertz CT molecular complexity index is 1000. The molecular formula is C23H25ClN2O3. The monoisotopic (exact) mass is 412 g/mol. The average molecular weight is 413 g/mol. The number of hydrogen-bond acceptors (Lipinski definition) is 4. The lowest BCUT2D eigenvalue weighted by Gasteiger charge is -2.26. The van der Waals surface area contributed by atoms with Crippen LogP contribution in [0.5, 0.6) is 0 Å². The van der Waals surface area contributed by atoms with E-state index in [2.05, 4.69) is 10.3 Å². The molecule has 3 aromatic rings. The summed E-state index contributed by atoms with van der Waals surface area (Å²) in [5.74, 6) is -0.424. The Labute approximate surface area is 175 Å². The second kappa shape index (κ2) is 8.80. The van der Waals surface area contributed by atoms with Crippen LogP contribution >= 0.6 is 11.6 Å². The highest BCUT2D eigenvalue weighted by Crippen LogP contribution is 2.35. The molecule has 0 aliphatic heterocycles. The Hall–Kier alpha value is -2.63. The van der Waals surface area contributed by atoms with Gasteiger partial charge in [0.1, 0.15) is 5.60 Å². The minimum atomic E-state index is -0.929. The number of aliphatic hydroxyl groups is 1. The Morgan fingerprint density at radius 2 is 1.90 bits per heavy atom. The third-order valence-corrected chi connectivity index (χ3v) is 4.89. The molecule has 5 nitrogen and oxygen atoms in total. The quantitative estimate of drug-likeness (QED) is 0.601. The molecule has 0 aliphatic rings. The summed E-state index contributed by atoms with van der Waals surface area (Å²) in [6.45, 7) is 5.60. The van der Waals surface area contributed by atoms with Gasteiger partial charge in [0.05, 0.1) is 11.1 Å². The summed E-state index contributed by atoms with van der Waals surface area (Å²) in [5.41, 5.74) is 0.848. The van der Waals surface area contributed by atoms with Crippen molar-refractivity contribution in [3.63, 3.8) is 0 Å². The van der Waals surface area contributed by atoms with Gasteiger partial charge in [-0.05, 0) is 43.2 Å². The minimum absolute atomic E-state index is 0.188. The van der Waals surface area contributed by atoms with E-state index in [9.17, 15) is 9.90 Å². The van der Waals surface area contributed by atoms with Gasteiger partial charge < -0.3 is 15.2 Å². The Kier molecular flexibility index (Phi) is 6.40. The Balaban J connectivity index is 1.92. The molecular weight excluding hydrogens is 388 g/mol. The second-order valence-corrected chi connectivity index (χ2v) is 8.35. The van der Waals surface area contributed by atoms with Crippen molar-refractivity contribution >= 4 is 28.5 Å². The molecule has 0 aliphatic carbocycles. The number of nitrogens with zero attached hydrogens (tertiary/aromatic N) is 1. The van der Waals surface area contributed by atoms with Crippen LogP contribution in [0.2, 0.25) is 5.02 Å². The van der Waals surface area contributed by atoms with Gasteiger partial charge >= 0.3 is 6.09 Å². The van der Waals surface area contributed by atoms with Gasteiger partial charge in [-0.1, -0.05) is 54.1 Å². The molecule has 152 valence electrons. The normalized spacial score (nSPS) is 13.7. The largest absolute Gasteiger partial charge is 0.444 e. The molecule has 0 saturated carbocycles. The summed E-state index contributed by atoms with van der Waals surface area (Å²) in [5, 5.41) is 16.4. The van der Waals surface area contributed by atoms with E-state index in [4.69, 9.17) is 16.3 Å². The zero-order valence-corrected chi connectivity index (χ0v) is 17.5. The van der Waals surface area contributed by atoms with Crippen molar-refractivity contribution in [1.82, 2.24) is 10.3 Å². The number of aliphatic hydroxyl groups excluding tert-OH is 1. The molecule has 2 aromatic carbocycles. The first-order valence-corrected chi connectivity index (χ1v) is 9.85. The van der Waals surface area contributed by atoms with Crippen molar-refractivity contribution in [1.29, 1.82) is 0 Å². The van der Waals surface area contributed by atoms with E-state index in [1.54, 1.807) is 33.0 Å². The molecule has 2 N–H and O–H groups in total. The summed E-state index contributed by atoms with van der Waals surface area (Å²) in [7, 11) is 0. The lowest BCUT2D eigenvalue weighted by molar-refractivity contribution is 0.0509. The minimum Gasteiger partial charge on any atom is -0.444 e. The second-order valence-electron chi connectivity index (χ2n) is 7.94. The number of carbonyl (C=O) groups excluding carboxylic acids is 1. The van der Waals surface area contributed by atoms with Gasteiger partial charge in [0, 0.05) is 30.4 Å². The molecule has 0 saturated heterocycles. The van der Waals surface area contributed by atoms with E-state index in [1.165, 1.54) is 6.20 Å². The third kappa shape index (κ3) is 5.46. The fraction of sp³-hybridized carbons (Fsp3) is 0.304. The van der Waals surface area contributed by atoms with Crippen LogP contribution in [-0.4, -0.2) is 28.3 Å². The van der Waals surface area contributed by atoms with Crippen molar-refractivity contribution in [3.8, 4) is 0 Å². The highest BCUT2D eigenvalue weighted by molar-refractivity contribution is 6.31. The molecule has 0 spiro atoms. The number of alkyl carbamates (subject to hydrolysis) is 1. The molecule has 0 fully saturated rings. The van der Waals surface area contributed by atoms with E-state index in [1.807, 2.05) is 42.5 Å². The Morgan fingerprint density at radius 1 is 1.17 bits per heavy atom. The summed E-state index contributed by atoms with van der Waals surface area (Å²) >= 11 is 6.26. The fourth-order valence-electron chi connectivity index (χ4n) is 3.20. The van der Waals surface area contributed by atoms with Crippen LogP contribution < -0.4 is 5.32 Å². The van der Waals surface area contributed by atoms with Gasteiger partial charge in [0.15, 0.2) is 0 Å². The number of ether oxygens (including phenoxy) is 1. The van der Waals surface area contributed by atoms with E-state index in [0.29, 0.717) is 10.6 Å². The molecule has 1 aromatic heterocycles. The van der Waals surface area contributed by atoms with Gasteiger partial charge in [0.25, 0.3) is 0 Å². The number of amides is 1. The van der Waals surface area contributed by atoms with Gasteiger partial charge in [-0.15, -0.1) is 0 Å². The van der Waals surface area contributed by atoms with Gasteiger partial charge in [-0.3, -0.25) is 4.98 Å². The number of carbonyl (C=O) groups is 1. The summed E-state index contributed by atoms with van der Waals surface area (Å²) in [6.07, 6.45) is 1.63. The van der Waals surface area contributed by atoms with Crippen molar-refractivity contribution in [3.05, 3.63) is 77.1 Å². The summed E-state index contributed by atoms with van der Waals surface area (Å²) in [4.78, 5) is 16.2. The van der Waals surface area contributed by atoms with Crippen molar-refractivity contribution in [2.24, 2.45) is 0 Å². The van der Waals surface area contributed by atoms with Gasteiger partial charge in [-0.25, -0.2) is 4.79 Å². The fourth-order valence-corrected chi connectivity index (χ4v) is 3.43. The number of rotatable bonds is 5. The maximum absolute atomic E-state index is 12.2. The number of halogens is 1. The predicted octanol–water partition coefficient (Wildman–Crippen LogP) is 5.23. The molecule has 6 heteroatoms. The number of pyridine rings is 1. The molecule has 3 rings (SSSR count). The van der Waals surface area contributed by atoms with E-state index < -0.39 is 23.7 Å². The maximum atomic E-state index is 12.2. The SMILES string of the molecule is CC(C)(C)OC(=O)NCC(c1ccc2ccccc2c1)C(O)c1ccncc1Cl. The predicted molar refractivity (Wildman–Crippen MR) is 115 cm³/mol. The van der Waals surface area contributed by atoms with Crippen molar-refractivity contribution in [2.45, 2.75) is 38.4 Å². The zero-order valence-electron chi connectivity index (χ0n) is 16.7. The third-order valence-electron chi connectivity index (χ3n) is 4.57. The van der Waals surface area contributed by atoms with Crippen molar-refractivity contribution in [2.75, 3.05) is 6.54 Å². The van der Waals surface area contributed by atoms with Gasteiger partial charge in [0.2, 0.25) is 0 Å². The first-order valence-electron chi connectivity index (χ1n) is 9.47. The molecule has 29 heavy (non-hydrogen) atoms. The highest BCUT2D eigenvalue weighted by atomic mass is 35.5. The average Bonchev–Trinajstić information content (AvgIpc) is 2.67. The Morgan fingerprint density at radius 3 is 2.59 bits per heavy atom. The van der Waals surface area contributed by atoms with Crippen LogP contribution in [0.3, 0.4) is 0 Å². The standard InChI is InChI=1S/C23H25ClN2O3/c1-23(2,3)29-22(28)26-13-19(21(27)18-10-11-25-14-20(18)24)17-9-8-15-6-4-5-7-16(15)12-17/h4-12,14,19,21,27H,13H2,1-3H3,(H,26,28). The highest BCUT2D eigenvalue weighted by Gasteiger charge is 2.26. The van der Waals surface area contributed by atoms with E-state index in [0.717, 1.165) is 16.3 Å². The first-order chi connectivity index (χ1) is 13.7. The van der Waals surface area contributed by atoms with Gasteiger partial charge in [-0.2, -0.15) is 0 Å². The number of fused-ring (bicyclic) bond motifs is 1. The van der Waals surface area contributed by atoms with Crippen LogP contribution in [0.15, 0.2) is 60.9 Å². The topological polar surface area (TPSA) is 71.5 Å². The molecule has 2 unspecified atom stereocenters. The molecule has 0 radical (unpaired) electrons. The molecule has 1 heterocycles. The summed E-state index contributed by atoms with van der Waals surface area (Å²) in [6, 6.07) is 15.7. The van der Waals surface area contributed by atoms with E-state index in [-0.39, 0.29) is 6.54 Å². The number of hydrogen-bond donors (Lipinski definition) is 2. The lowest BCUT2D eigenvalue weighted by atomic mass is 9.88. The summed E-state index contributed by atoms with van der Waals surface area (Å²) < 4.78 is 5.34. The van der Waals surface area contributed by atoms with Crippen LogP contribution in [0.1, 0.15) is 43.9 Å². The first kappa shape index (κ1) is 21.1. The molecule has 1 amide bonds. The van der Waals surface area contributed by atoms with Crippen LogP contribution in [0, 0.1) is 0 Å². The number of benzene rings is 2. The lowest BCUT2D eigenvalue weighted by Crippen LogP contribution is -2.36. The number of aromatic nitrogens is 1. The van der Waals surface area contributed by atoms with Crippen LogP contribution in [0.4, 0.5) is 4.79 Å². The van der Waals surface area contributed by atoms with Crippen molar-refractivity contribution < 1.29 is 14.6 Å². The van der Waals surface area contributed by atoms with Crippen LogP contribution in [-0.2, 0) is 4.74 Å². The number of nitrogens with one attached hydrogen (secondary N) is 1.